The standard InChI is InChI=1S/C18H16ClN5O3/c1-26-15-8-5-12(19)9-14(15)22-16-10-20-24-18(23-16)21-13-6-3-11(4-7-13)17(25)27-2/h3-10H,1-2H3,(H2,21,22,23,24). The van der Waals surface area contributed by atoms with Crippen LogP contribution in [0.1, 0.15) is 10.4 Å². The average molecular weight is 386 g/mol. The van der Waals surface area contributed by atoms with Crippen LogP contribution < -0.4 is 15.4 Å². The van der Waals surface area contributed by atoms with Gasteiger partial charge in [-0.15, -0.1) is 5.10 Å². The van der Waals surface area contributed by atoms with Crippen LogP contribution in [0, 0.1) is 0 Å². The number of carbonyl (C=O) groups is 1. The minimum atomic E-state index is -0.402. The third-order valence-electron chi connectivity index (χ3n) is 3.55. The van der Waals surface area contributed by atoms with Crippen LogP contribution in [0.15, 0.2) is 48.7 Å². The molecule has 3 aromatic rings. The van der Waals surface area contributed by atoms with Crippen LogP contribution in [0.4, 0.5) is 23.1 Å². The lowest BCUT2D eigenvalue weighted by Crippen LogP contribution is -2.04. The minimum absolute atomic E-state index is 0.284. The molecule has 0 saturated carbocycles. The van der Waals surface area contributed by atoms with Gasteiger partial charge < -0.3 is 20.1 Å². The molecule has 0 amide bonds. The van der Waals surface area contributed by atoms with Crippen LogP contribution in [0.5, 0.6) is 5.75 Å². The van der Waals surface area contributed by atoms with Gasteiger partial charge in [-0.25, -0.2) is 4.79 Å². The lowest BCUT2D eigenvalue weighted by Gasteiger charge is -2.11. The quantitative estimate of drug-likeness (QED) is 0.618. The molecule has 2 aromatic carbocycles. The van der Waals surface area contributed by atoms with Gasteiger partial charge in [0.15, 0.2) is 5.82 Å². The van der Waals surface area contributed by atoms with Crippen molar-refractivity contribution < 1.29 is 14.3 Å². The number of aromatic nitrogens is 3. The Labute approximate surface area is 160 Å². The fourth-order valence-electron chi connectivity index (χ4n) is 2.27. The monoisotopic (exact) mass is 385 g/mol. The first-order chi connectivity index (χ1) is 13.1. The van der Waals surface area contributed by atoms with Crippen molar-refractivity contribution in [3.05, 3.63) is 59.2 Å². The molecule has 1 aromatic heterocycles. The molecule has 0 aliphatic rings. The van der Waals surface area contributed by atoms with E-state index in [0.717, 1.165) is 0 Å². The first-order valence-electron chi connectivity index (χ1n) is 7.84. The van der Waals surface area contributed by atoms with E-state index in [4.69, 9.17) is 16.3 Å². The van der Waals surface area contributed by atoms with E-state index < -0.39 is 5.97 Å². The van der Waals surface area contributed by atoms with Crippen molar-refractivity contribution in [2.75, 3.05) is 24.9 Å². The number of carbonyl (C=O) groups excluding carboxylic acids is 1. The topological polar surface area (TPSA) is 98.3 Å². The number of ether oxygens (including phenoxy) is 2. The van der Waals surface area contributed by atoms with Gasteiger partial charge in [0.25, 0.3) is 0 Å². The highest BCUT2D eigenvalue weighted by Gasteiger charge is 2.08. The molecule has 8 nitrogen and oxygen atoms in total. The number of hydrogen-bond donors (Lipinski definition) is 2. The molecule has 138 valence electrons. The SMILES string of the molecule is COC(=O)c1ccc(Nc2nncc(Nc3cc(Cl)ccc3OC)n2)cc1. The number of nitrogens with zero attached hydrogens (tertiary/aromatic N) is 3. The highest BCUT2D eigenvalue weighted by atomic mass is 35.5. The number of nitrogens with one attached hydrogen (secondary N) is 2. The number of benzene rings is 2. The molecule has 0 spiro atoms. The Morgan fingerprint density at radius 1 is 1.07 bits per heavy atom. The zero-order valence-corrected chi connectivity index (χ0v) is 15.3. The molecule has 0 radical (unpaired) electrons. The van der Waals surface area contributed by atoms with Crippen molar-refractivity contribution in [2.45, 2.75) is 0 Å². The van der Waals surface area contributed by atoms with Gasteiger partial charge in [-0.05, 0) is 42.5 Å². The van der Waals surface area contributed by atoms with Crippen LogP contribution in [0.25, 0.3) is 0 Å². The van der Waals surface area contributed by atoms with E-state index in [1.807, 2.05) is 0 Å². The Kier molecular flexibility index (Phi) is 5.68. The Bertz CT molecular complexity index is 950. The molecule has 0 unspecified atom stereocenters. The van der Waals surface area contributed by atoms with Gasteiger partial charge in [0.05, 0.1) is 31.7 Å². The maximum atomic E-state index is 11.5. The molecule has 9 heteroatoms. The molecule has 2 N–H and O–H groups in total. The summed E-state index contributed by atoms with van der Waals surface area (Å²) in [5.41, 5.74) is 1.80. The fraction of sp³-hybridized carbons (Fsp3) is 0.111. The molecular weight excluding hydrogens is 370 g/mol. The summed E-state index contributed by atoms with van der Waals surface area (Å²) < 4.78 is 9.97. The van der Waals surface area contributed by atoms with Gasteiger partial charge in [-0.2, -0.15) is 10.1 Å². The third-order valence-corrected chi connectivity index (χ3v) is 3.78. The molecule has 0 fully saturated rings. The minimum Gasteiger partial charge on any atom is -0.495 e. The van der Waals surface area contributed by atoms with Crippen LogP contribution in [-0.2, 0) is 4.74 Å². The van der Waals surface area contributed by atoms with Crippen LogP contribution in [-0.4, -0.2) is 35.4 Å². The summed E-state index contributed by atoms with van der Waals surface area (Å²) in [6.07, 6.45) is 1.48. The van der Waals surface area contributed by atoms with Crippen molar-refractivity contribution in [1.29, 1.82) is 0 Å². The number of methoxy groups -OCH3 is 2. The lowest BCUT2D eigenvalue weighted by atomic mass is 10.2. The van der Waals surface area contributed by atoms with Crippen LogP contribution in [0.3, 0.4) is 0 Å². The first-order valence-corrected chi connectivity index (χ1v) is 8.22. The second-order valence-electron chi connectivity index (χ2n) is 5.33. The first kappa shape index (κ1) is 18.4. The van der Waals surface area contributed by atoms with Crippen molar-refractivity contribution >= 4 is 40.7 Å². The Morgan fingerprint density at radius 2 is 1.85 bits per heavy atom. The predicted octanol–water partition coefficient (Wildman–Crippen LogP) is 3.81. The summed E-state index contributed by atoms with van der Waals surface area (Å²) in [5, 5.41) is 14.6. The van der Waals surface area contributed by atoms with Gasteiger partial charge >= 0.3 is 5.97 Å². The van der Waals surface area contributed by atoms with Gasteiger partial charge in [-0.1, -0.05) is 11.6 Å². The van der Waals surface area contributed by atoms with E-state index in [-0.39, 0.29) is 5.95 Å². The van der Waals surface area contributed by atoms with Crippen molar-refractivity contribution in [2.24, 2.45) is 0 Å². The summed E-state index contributed by atoms with van der Waals surface area (Å²) in [7, 11) is 2.90. The highest BCUT2D eigenvalue weighted by Crippen LogP contribution is 2.30. The summed E-state index contributed by atoms with van der Waals surface area (Å²) in [6.45, 7) is 0. The largest absolute Gasteiger partial charge is 0.495 e. The van der Waals surface area contributed by atoms with Crippen molar-refractivity contribution in [1.82, 2.24) is 15.2 Å². The number of esters is 1. The fourth-order valence-corrected chi connectivity index (χ4v) is 2.44. The summed E-state index contributed by atoms with van der Waals surface area (Å²) >= 11 is 6.03. The molecule has 0 saturated heterocycles. The molecule has 0 bridgehead atoms. The van der Waals surface area contributed by atoms with Gasteiger partial charge in [-0.3, -0.25) is 0 Å². The Morgan fingerprint density at radius 3 is 2.56 bits per heavy atom. The second-order valence-corrected chi connectivity index (χ2v) is 5.77. The lowest BCUT2D eigenvalue weighted by molar-refractivity contribution is 0.0601. The van der Waals surface area contributed by atoms with Gasteiger partial charge in [0.2, 0.25) is 5.95 Å². The van der Waals surface area contributed by atoms with E-state index in [1.54, 1.807) is 49.6 Å². The van der Waals surface area contributed by atoms with E-state index >= 15 is 0 Å². The normalized spacial score (nSPS) is 10.2. The van der Waals surface area contributed by atoms with E-state index in [1.165, 1.54) is 13.3 Å². The van der Waals surface area contributed by atoms with Crippen LogP contribution >= 0.6 is 11.6 Å². The molecule has 3 rings (SSSR count). The molecule has 0 aliphatic heterocycles. The molecule has 27 heavy (non-hydrogen) atoms. The number of hydrogen-bond acceptors (Lipinski definition) is 8. The summed E-state index contributed by atoms with van der Waals surface area (Å²) in [5.74, 6) is 0.957. The predicted molar refractivity (Wildman–Crippen MR) is 102 cm³/mol. The maximum Gasteiger partial charge on any atom is 0.337 e. The van der Waals surface area contributed by atoms with Crippen molar-refractivity contribution in [3.8, 4) is 5.75 Å². The van der Waals surface area contributed by atoms with Gasteiger partial charge in [0, 0.05) is 10.7 Å². The Hall–Kier alpha value is -3.39. The smallest absolute Gasteiger partial charge is 0.337 e. The molecule has 1 heterocycles. The number of halogens is 1. The highest BCUT2D eigenvalue weighted by molar-refractivity contribution is 6.31. The zero-order chi connectivity index (χ0) is 19.2. The second kappa shape index (κ2) is 8.33. The molecular formula is C18H16ClN5O3. The molecule has 0 atom stereocenters. The number of anilines is 4. The van der Waals surface area contributed by atoms with Gasteiger partial charge in [0.1, 0.15) is 5.75 Å². The van der Waals surface area contributed by atoms with E-state index in [0.29, 0.717) is 33.5 Å². The molecule has 0 aliphatic carbocycles. The summed E-state index contributed by atoms with van der Waals surface area (Å²) in [6, 6.07) is 11.9. The van der Waals surface area contributed by atoms with Crippen molar-refractivity contribution in [3.63, 3.8) is 0 Å². The summed E-state index contributed by atoms with van der Waals surface area (Å²) in [4.78, 5) is 15.8. The third kappa shape index (κ3) is 4.62. The van der Waals surface area contributed by atoms with Crippen LogP contribution in [0.2, 0.25) is 5.02 Å². The number of rotatable bonds is 6. The van der Waals surface area contributed by atoms with E-state index in [9.17, 15) is 4.79 Å². The average Bonchev–Trinajstić information content (AvgIpc) is 2.68. The van der Waals surface area contributed by atoms with E-state index in [2.05, 4.69) is 30.6 Å². The zero-order valence-electron chi connectivity index (χ0n) is 14.6. The Balaban J connectivity index is 1.76. The maximum absolute atomic E-state index is 11.5.